The van der Waals surface area contributed by atoms with E-state index < -0.39 is 29.9 Å². The van der Waals surface area contributed by atoms with Crippen molar-refractivity contribution < 1.29 is 23.6 Å². The third kappa shape index (κ3) is 4.40. The number of anilines is 1. The normalized spacial score (nSPS) is 18.4. The molecule has 174 valence electrons. The second-order valence-corrected chi connectivity index (χ2v) is 8.12. The predicted octanol–water partition coefficient (Wildman–Crippen LogP) is 3.18. The van der Waals surface area contributed by atoms with Crippen molar-refractivity contribution in [1.82, 2.24) is 15.5 Å². The van der Waals surface area contributed by atoms with E-state index in [1.165, 1.54) is 13.2 Å². The Bertz CT molecular complexity index is 1230. The number of carbonyl (C=O) groups excluding carboxylic acids is 4. The molecule has 2 aromatic carbocycles. The summed E-state index contributed by atoms with van der Waals surface area (Å²) in [5.74, 6) is -1.33. The first-order valence-corrected chi connectivity index (χ1v) is 10.7. The van der Waals surface area contributed by atoms with E-state index in [9.17, 15) is 19.2 Å². The Labute approximate surface area is 196 Å². The van der Waals surface area contributed by atoms with Crippen LogP contribution in [0.2, 0.25) is 0 Å². The van der Waals surface area contributed by atoms with Crippen molar-refractivity contribution >= 4 is 29.4 Å². The van der Waals surface area contributed by atoms with Crippen LogP contribution in [0.15, 0.2) is 77.4 Å². The van der Waals surface area contributed by atoms with Crippen LogP contribution < -0.4 is 16.0 Å². The fourth-order valence-corrected chi connectivity index (χ4v) is 3.79. The summed E-state index contributed by atoms with van der Waals surface area (Å²) in [4.78, 5) is 51.8. The van der Waals surface area contributed by atoms with Crippen molar-refractivity contribution in [3.8, 4) is 0 Å². The van der Waals surface area contributed by atoms with Crippen molar-refractivity contribution in [1.29, 1.82) is 0 Å². The van der Waals surface area contributed by atoms with Gasteiger partial charge in [0.25, 0.3) is 11.8 Å². The number of nitrogens with zero attached hydrogens (tertiary/aromatic N) is 1. The smallest absolute Gasteiger partial charge is 0.325 e. The van der Waals surface area contributed by atoms with E-state index in [4.69, 9.17) is 4.42 Å². The second-order valence-electron chi connectivity index (χ2n) is 8.12. The van der Waals surface area contributed by atoms with Crippen LogP contribution in [0.1, 0.15) is 41.6 Å². The number of imide groups is 1. The minimum Gasteiger partial charge on any atom is -0.466 e. The van der Waals surface area contributed by atoms with Gasteiger partial charge in [0.2, 0.25) is 5.91 Å². The van der Waals surface area contributed by atoms with Gasteiger partial charge in [-0.15, -0.1) is 0 Å². The minimum absolute atomic E-state index is 0.248. The maximum atomic E-state index is 12.9. The molecule has 0 unspecified atom stereocenters. The number of para-hydroxylation sites is 1. The second kappa shape index (κ2) is 9.22. The zero-order valence-corrected chi connectivity index (χ0v) is 18.7. The Kier molecular flexibility index (Phi) is 6.18. The molecule has 1 aliphatic rings. The Morgan fingerprint density at radius 2 is 1.74 bits per heavy atom. The summed E-state index contributed by atoms with van der Waals surface area (Å²) in [5, 5.41) is 8.12. The van der Waals surface area contributed by atoms with Gasteiger partial charge in [-0.25, -0.2) is 4.79 Å². The number of furan rings is 1. The number of urea groups is 1. The highest BCUT2D eigenvalue weighted by Gasteiger charge is 2.51. The van der Waals surface area contributed by atoms with Crippen LogP contribution in [-0.2, 0) is 15.1 Å². The summed E-state index contributed by atoms with van der Waals surface area (Å²) >= 11 is 0. The fourth-order valence-electron chi connectivity index (χ4n) is 3.79. The van der Waals surface area contributed by atoms with Gasteiger partial charge < -0.3 is 20.4 Å². The average Bonchev–Trinajstić information content (AvgIpc) is 3.44. The Morgan fingerprint density at radius 1 is 1.03 bits per heavy atom. The molecular weight excluding hydrogens is 436 g/mol. The lowest BCUT2D eigenvalue weighted by atomic mass is 9.99. The molecule has 0 radical (unpaired) electrons. The molecule has 0 bridgehead atoms. The molecule has 5 amide bonds. The number of carbonyl (C=O) groups is 4. The summed E-state index contributed by atoms with van der Waals surface area (Å²) in [5.41, 5.74) is 0.0737. The SMILES string of the molecule is C[C@H](NC(=O)c1ccccc1NC(=O)CN1C(=O)N[C@@](C)(c2ccco2)C1=O)c1ccccc1. The summed E-state index contributed by atoms with van der Waals surface area (Å²) in [6.45, 7) is 2.86. The zero-order chi connectivity index (χ0) is 24.3. The van der Waals surface area contributed by atoms with Crippen molar-refractivity contribution in [3.63, 3.8) is 0 Å². The maximum absolute atomic E-state index is 12.9. The topological polar surface area (TPSA) is 121 Å². The molecule has 1 aromatic heterocycles. The molecule has 0 aliphatic carbocycles. The first-order chi connectivity index (χ1) is 16.3. The van der Waals surface area contributed by atoms with E-state index in [0.717, 1.165) is 10.5 Å². The van der Waals surface area contributed by atoms with E-state index >= 15 is 0 Å². The Morgan fingerprint density at radius 3 is 2.44 bits per heavy atom. The molecule has 2 atom stereocenters. The standard InChI is InChI=1S/C25H24N4O5/c1-16(17-9-4-3-5-10-17)26-22(31)18-11-6-7-12-19(18)27-21(30)15-29-23(32)25(2,28-24(29)33)20-13-8-14-34-20/h3-14,16H,15H2,1-2H3,(H,26,31)(H,27,30)(H,28,33)/t16-,25-/m0/s1. The largest absolute Gasteiger partial charge is 0.466 e. The molecule has 2 heterocycles. The van der Waals surface area contributed by atoms with Gasteiger partial charge in [-0.2, -0.15) is 0 Å². The third-order valence-corrected chi connectivity index (χ3v) is 5.68. The van der Waals surface area contributed by atoms with Crippen molar-refractivity contribution in [2.45, 2.75) is 25.4 Å². The molecule has 0 spiro atoms. The van der Waals surface area contributed by atoms with Gasteiger partial charge in [-0.3, -0.25) is 19.3 Å². The highest BCUT2D eigenvalue weighted by atomic mass is 16.3. The van der Waals surface area contributed by atoms with Crippen LogP contribution in [0, 0.1) is 0 Å². The average molecular weight is 460 g/mol. The number of amides is 5. The van der Waals surface area contributed by atoms with Crippen molar-refractivity contribution in [3.05, 3.63) is 89.9 Å². The van der Waals surface area contributed by atoms with Gasteiger partial charge in [0, 0.05) is 0 Å². The minimum atomic E-state index is -1.40. The van der Waals surface area contributed by atoms with Gasteiger partial charge in [0.05, 0.1) is 23.6 Å². The van der Waals surface area contributed by atoms with Crippen LogP contribution in [0.4, 0.5) is 10.5 Å². The number of nitrogens with one attached hydrogen (secondary N) is 3. The van der Waals surface area contributed by atoms with Gasteiger partial charge in [-0.1, -0.05) is 42.5 Å². The van der Waals surface area contributed by atoms with Gasteiger partial charge in [0.1, 0.15) is 12.3 Å². The molecule has 3 aromatic rings. The van der Waals surface area contributed by atoms with Gasteiger partial charge in [0.15, 0.2) is 5.54 Å². The molecule has 0 saturated carbocycles. The highest BCUT2D eigenvalue weighted by molar-refractivity contribution is 6.11. The molecule has 34 heavy (non-hydrogen) atoms. The predicted molar refractivity (Wildman–Crippen MR) is 124 cm³/mol. The van der Waals surface area contributed by atoms with E-state index in [-0.39, 0.29) is 29.0 Å². The van der Waals surface area contributed by atoms with E-state index in [1.807, 2.05) is 37.3 Å². The van der Waals surface area contributed by atoms with E-state index in [2.05, 4.69) is 16.0 Å². The third-order valence-electron chi connectivity index (χ3n) is 5.68. The maximum Gasteiger partial charge on any atom is 0.325 e. The molecule has 1 saturated heterocycles. The van der Waals surface area contributed by atoms with Crippen molar-refractivity contribution in [2.24, 2.45) is 0 Å². The Balaban J connectivity index is 1.44. The van der Waals surface area contributed by atoms with Gasteiger partial charge >= 0.3 is 6.03 Å². The molecule has 1 fully saturated rings. The van der Waals surface area contributed by atoms with Crippen LogP contribution >= 0.6 is 0 Å². The van der Waals surface area contributed by atoms with Crippen LogP contribution in [0.5, 0.6) is 0 Å². The number of benzene rings is 2. The van der Waals surface area contributed by atoms with E-state index in [0.29, 0.717) is 0 Å². The summed E-state index contributed by atoms with van der Waals surface area (Å²) in [6, 6.07) is 18.2. The molecule has 9 nitrogen and oxygen atoms in total. The number of rotatable bonds is 7. The van der Waals surface area contributed by atoms with Crippen LogP contribution in [-0.4, -0.2) is 35.2 Å². The fraction of sp³-hybridized carbons (Fsp3) is 0.200. The quantitative estimate of drug-likeness (QED) is 0.468. The van der Waals surface area contributed by atoms with Gasteiger partial charge in [-0.05, 0) is 43.7 Å². The lowest BCUT2D eigenvalue weighted by Crippen LogP contribution is -2.42. The highest BCUT2D eigenvalue weighted by Crippen LogP contribution is 2.29. The summed E-state index contributed by atoms with van der Waals surface area (Å²) in [6.07, 6.45) is 1.40. The van der Waals surface area contributed by atoms with Crippen LogP contribution in [0.25, 0.3) is 0 Å². The number of hydrogen-bond acceptors (Lipinski definition) is 5. The monoisotopic (exact) mass is 460 g/mol. The Hall–Kier alpha value is -4.40. The molecular formula is C25H24N4O5. The lowest BCUT2D eigenvalue weighted by Gasteiger charge is -2.19. The number of hydrogen-bond donors (Lipinski definition) is 3. The first-order valence-electron chi connectivity index (χ1n) is 10.7. The molecule has 9 heteroatoms. The van der Waals surface area contributed by atoms with Crippen molar-refractivity contribution in [2.75, 3.05) is 11.9 Å². The summed E-state index contributed by atoms with van der Waals surface area (Å²) in [7, 11) is 0. The summed E-state index contributed by atoms with van der Waals surface area (Å²) < 4.78 is 5.29. The molecule has 3 N–H and O–H groups in total. The molecule has 4 rings (SSSR count). The van der Waals surface area contributed by atoms with Crippen LogP contribution in [0.3, 0.4) is 0 Å². The first kappa shape index (κ1) is 22.8. The van der Waals surface area contributed by atoms with E-state index in [1.54, 1.807) is 36.4 Å². The molecule has 1 aliphatic heterocycles. The zero-order valence-electron chi connectivity index (χ0n) is 18.7. The lowest BCUT2D eigenvalue weighted by molar-refractivity contribution is -0.134.